The maximum atomic E-state index is 13.6. The number of carbonyl (C=O) groups is 2. The van der Waals surface area contributed by atoms with Crippen LogP contribution in [0.3, 0.4) is 0 Å². The molecule has 2 amide bonds. The molecule has 3 aromatic carbocycles. The molecule has 0 aliphatic carbocycles. The van der Waals surface area contributed by atoms with Gasteiger partial charge in [-0.15, -0.1) is 0 Å². The highest BCUT2D eigenvalue weighted by atomic mass is 16.5. The van der Waals surface area contributed by atoms with Crippen LogP contribution in [0.2, 0.25) is 0 Å². The van der Waals surface area contributed by atoms with E-state index >= 15 is 0 Å². The highest BCUT2D eigenvalue weighted by Crippen LogP contribution is 2.39. The highest BCUT2D eigenvalue weighted by molar-refractivity contribution is 6.46. The zero-order valence-electron chi connectivity index (χ0n) is 18.6. The molecular formula is C26H24N2O5. The molecule has 0 saturated heterocycles. The lowest BCUT2D eigenvalue weighted by atomic mass is 10.0. The Morgan fingerprint density at radius 1 is 0.818 bits per heavy atom. The van der Waals surface area contributed by atoms with E-state index in [1.54, 1.807) is 36.4 Å². The van der Waals surface area contributed by atoms with E-state index in [4.69, 9.17) is 14.2 Å². The lowest BCUT2D eigenvalue weighted by Gasteiger charge is -2.19. The maximum Gasteiger partial charge on any atom is 0.282 e. The second kappa shape index (κ2) is 9.48. The average Bonchev–Trinajstić information content (AvgIpc) is 3.08. The van der Waals surface area contributed by atoms with Crippen LogP contribution >= 0.6 is 0 Å². The fourth-order valence-corrected chi connectivity index (χ4v) is 3.68. The summed E-state index contributed by atoms with van der Waals surface area (Å²) >= 11 is 0. The van der Waals surface area contributed by atoms with Crippen molar-refractivity contribution >= 4 is 28.8 Å². The zero-order valence-corrected chi connectivity index (χ0v) is 18.6. The van der Waals surface area contributed by atoms with E-state index in [9.17, 15) is 9.59 Å². The van der Waals surface area contributed by atoms with Crippen molar-refractivity contribution in [3.05, 3.63) is 84.1 Å². The Kier molecular flexibility index (Phi) is 6.31. The molecule has 33 heavy (non-hydrogen) atoms. The van der Waals surface area contributed by atoms with Gasteiger partial charge < -0.3 is 19.5 Å². The Labute approximate surface area is 192 Å². The van der Waals surface area contributed by atoms with Crippen LogP contribution in [0.5, 0.6) is 17.2 Å². The molecule has 0 unspecified atom stereocenters. The standard InChI is InChI=1S/C26H24N2O5/c1-4-33-20-12-8-11-18(15-20)27-24-23(17-9-6-5-7-10-17)25(29)28(26(24)30)21-16-19(31-2)13-14-22(21)32-3/h5-16,27H,4H2,1-3H3. The molecule has 1 heterocycles. The fraction of sp³-hybridized carbons (Fsp3) is 0.154. The molecule has 1 aliphatic rings. The number of ether oxygens (including phenoxy) is 3. The van der Waals surface area contributed by atoms with Crippen molar-refractivity contribution in [2.45, 2.75) is 6.92 Å². The summed E-state index contributed by atoms with van der Waals surface area (Å²) in [5.74, 6) is 0.587. The van der Waals surface area contributed by atoms with E-state index in [0.29, 0.717) is 40.8 Å². The number of hydrogen-bond acceptors (Lipinski definition) is 6. The molecule has 0 bridgehead atoms. The molecule has 3 aromatic rings. The average molecular weight is 444 g/mol. The first-order valence-electron chi connectivity index (χ1n) is 10.5. The molecule has 0 spiro atoms. The van der Waals surface area contributed by atoms with E-state index in [0.717, 1.165) is 4.90 Å². The van der Waals surface area contributed by atoms with Gasteiger partial charge in [0.25, 0.3) is 11.8 Å². The van der Waals surface area contributed by atoms with Gasteiger partial charge in [0.15, 0.2) is 0 Å². The van der Waals surface area contributed by atoms with Gasteiger partial charge >= 0.3 is 0 Å². The first kappa shape index (κ1) is 22.0. The molecule has 4 rings (SSSR count). The zero-order chi connectivity index (χ0) is 23.4. The number of nitrogens with one attached hydrogen (secondary N) is 1. The minimum absolute atomic E-state index is 0.171. The molecule has 0 atom stereocenters. The molecule has 0 saturated carbocycles. The van der Waals surface area contributed by atoms with Crippen molar-refractivity contribution in [1.29, 1.82) is 0 Å². The first-order chi connectivity index (χ1) is 16.1. The number of carbonyl (C=O) groups excluding carboxylic acids is 2. The maximum absolute atomic E-state index is 13.6. The van der Waals surface area contributed by atoms with Gasteiger partial charge in [-0.1, -0.05) is 36.4 Å². The van der Waals surface area contributed by atoms with Crippen molar-refractivity contribution in [2.24, 2.45) is 0 Å². The SMILES string of the molecule is CCOc1cccc(NC2=C(c3ccccc3)C(=O)N(c3cc(OC)ccc3OC)C2=O)c1. The summed E-state index contributed by atoms with van der Waals surface area (Å²) in [6, 6.07) is 21.3. The number of methoxy groups -OCH3 is 2. The quantitative estimate of drug-likeness (QED) is 0.516. The Hall–Kier alpha value is -4.26. The van der Waals surface area contributed by atoms with Crippen LogP contribution in [-0.2, 0) is 9.59 Å². The topological polar surface area (TPSA) is 77.1 Å². The lowest BCUT2D eigenvalue weighted by molar-refractivity contribution is -0.120. The predicted octanol–water partition coefficient (Wildman–Crippen LogP) is 4.50. The second-order valence-electron chi connectivity index (χ2n) is 7.19. The normalized spacial score (nSPS) is 13.4. The summed E-state index contributed by atoms with van der Waals surface area (Å²) in [4.78, 5) is 28.4. The largest absolute Gasteiger partial charge is 0.497 e. The van der Waals surface area contributed by atoms with E-state index in [-0.39, 0.29) is 11.3 Å². The summed E-state index contributed by atoms with van der Waals surface area (Å²) < 4.78 is 16.3. The molecule has 0 aromatic heterocycles. The summed E-state index contributed by atoms with van der Waals surface area (Å²) in [5, 5.41) is 3.15. The molecule has 7 nitrogen and oxygen atoms in total. The van der Waals surface area contributed by atoms with E-state index < -0.39 is 11.8 Å². The third-order valence-electron chi connectivity index (χ3n) is 5.19. The van der Waals surface area contributed by atoms with Gasteiger partial charge in [0, 0.05) is 17.8 Å². The van der Waals surface area contributed by atoms with Crippen molar-refractivity contribution in [2.75, 3.05) is 31.0 Å². The molecule has 1 aliphatic heterocycles. The van der Waals surface area contributed by atoms with Gasteiger partial charge in [-0.25, -0.2) is 4.90 Å². The van der Waals surface area contributed by atoms with Crippen molar-refractivity contribution in [3.8, 4) is 17.2 Å². The Morgan fingerprint density at radius 2 is 1.61 bits per heavy atom. The highest BCUT2D eigenvalue weighted by Gasteiger charge is 2.41. The van der Waals surface area contributed by atoms with Crippen LogP contribution in [0.1, 0.15) is 12.5 Å². The minimum atomic E-state index is -0.493. The number of imide groups is 1. The van der Waals surface area contributed by atoms with Crippen molar-refractivity contribution < 1.29 is 23.8 Å². The summed E-state index contributed by atoms with van der Waals surface area (Å²) in [6.45, 7) is 2.41. The van der Waals surface area contributed by atoms with Gasteiger partial charge in [0.1, 0.15) is 22.9 Å². The molecule has 168 valence electrons. The number of amides is 2. The lowest BCUT2D eigenvalue weighted by Crippen LogP contribution is -2.32. The van der Waals surface area contributed by atoms with Gasteiger partial charge in [-0.2, -0.15) is 0 Å². The van der Waals surface area contributed by atoms with Gasteiger partial charge in [-0.3, -0.25) is 9.59 Å². The smallest absolute Gasteiger partial charge is 0.282 e. The number of benzene rings is 3. The van der Waals surface area contributed by atoms with E-state index in [1.165, 1.54) is 14.2 Å². The molecule has 7 heteroatoms. The van der Waals surface area contributed by atoms with E-state index in [2.05, 4.69) is 5.32 Å². The molecule has 0 radical (unpaired) electrons. The van der Waals surface area contributed by atoms with Crippen molar-refractivity contribution in [3.63, 3.8) is 0 Å². The second-order valence-corrected chi connectivity index (χ2v) is 7.19. The Bertz CT molecular complexity index is 1220. The number of rotatable bonds is 8. The van der Waals surface area contributed by atoms with Crippen LogP contribution in [0, 0.1) is 0 Å². The van der Waals surface area contributed by atoms with Gasteiger partial charge in [0.2, 0.25) is 0 Å². The van der Waals surface area contributed by atoms with Gasteiger partial charge in [-0.05, 0) is 36.8 Å². The monoisotopic (exact) mass is 444 g/mol. The van der Waals surface area contributed by atoms with Crippen LogP contribution in [-0.4, -0.2) is 32.6 Å². The summed E-state index contributed by atoms with van der Waals surface area (Å²) in [6.07, 6.45) is 0. The minimum Gasteiger partial charge on any atom is -0.497 e. The van der Waals surface area contributed by atoms with E-state index in [1.807, 2.05) is 43.3 Å². The Morgan fingerprint density at radius 3 is 2.30 bits per heavy atom. The Balaban J connectivity index is 1.82. The number of nitrogens with zero attached hydrogens (tertiary/aromatic N) is 1. The predicted molar refractivity (Wildman–Crippen MR) is 127 cm³/mol. The van der Waals surface area contributed by atoms with Crippen molar-refractivity contribution in [1.82, 2.24) is 0 Å². The third-order valence-corrected chi connectivity index (χ3v) is 5.19. The van der Waals surface area contributed by atoms with Crippen LogP contribution in [0.4, 0.5) is 11.4 Å². The summed E-state index contributed by atoms with van der Waals surface area (Å²) in [5.41, 5.74) is 2.01. The fourth-order valence-electron chi connectivity index (χ4n) is 3.68. The molecule has 1 N–H and O–H groups in total. The first-order valence-corrected chi connectivity index (χ1v) is 10.5. The molecular weight excluding hydrogens is 420 g/mol. The van der Waals surface area contributed by atoms with Crippen LogP contribution < -0.4 is 24.4 Å². The third kappa shape index (κ3) is 4.25. The van der Waals surface area contributed by atoms with Gasteiger partial charge in [0.05, 0.1) is 32.1 Å². The van der Waals surface area contributed by atoms with Crippen LogP contribution in [0.15, 0.2) is 78.5 Å². The number of anilines is 2. The number of hydrogen-bond donors (Lipinski definition) is 1. The molecule has 0 fully saturated rings. The summed E-state index contributed by atoms with van der Waals surface area (Å²) in [7, 11) is 3.01. The van der Waals surface area contributed by atoms with Crippen LogP contribution in [0.25, 0.3) is 5.57 Å².